The summed E-state index contributed by atoms with van der Waals surface area (Å²) in [4.78, 5) is 21.1. The number of piperidine rings is 1. The highest BCUT2D eigenvalue weighted by atomic mass is 16.6. The molecule has 6 heteroatoms. The summed E-state index contributed by atoms with van der Waals surface area (Å²) in [5.74, 6) is 0.868. The molecule has 0 spiro atoms. The van der Waals surface area contributed by atoms with E-state index in [2.05, 4.69) is 47.1 Å². The van der Waals surface area contributed by atoms with Crippen LogP contribution in [0, 0.1) is 6.92 Å². The van der Waals surface area contributed by atoms with Crippen LogP contribution in [-0.4, -0.2) is 66.3 Å². The van der Waals surface area contributed by atoms with Gasteiger partial charge < -0.3 is 14.4 Å². The number of ether oxygens (including phenoxy) is 2. The molecule has 2 aliphatic heterocycles. The molecule has 0 N–H and O–H groups in total. The third-order valence-corrected chi connectivity index (χ3v) is 7.03. The van der Waals surface area contributed by atoms with Crippen LogP contribution in [0.2, 0.25) is 0 Å². The van der Waals surface area contributed by atoms with Crippen molar-refractivity contribution in [1.82, 2.24) is 14.8 Å². The summed E-state index contributed by atoms with van der Waals surface area (Å²) in [5.41, 5.74) is 4.58. The van der Waals surface area contributed by atoms with Gasteiger partial charge in [0.2, 0.25) is 0 Å². The second kappa shape index (κ2) is 10.4. The van der Waals surface area contributed by atoms with E-state index in [0.29, 0.717) is 19.7 Å². The molecular formula is C28H33N3O3. The predicted molar refractivity (Wildman–Crippen MR) is 134 cm³/mol. The predicted octanol–water partition coefficient (Wildman–Crippen LogP) is 5.29. The van der Waals surface area contributed by atoms with Gasteiger partial charge in [0.05, 0.1) is 5.52 Å². The average molecular weight is 460 g/mol. The van der Waals surface area contributed by atoms with Gasteiger partial charge in [0, 0.05) is 44.1 Å². The van der Waals surface area contributed by atoms with Gasteiger partial charge in [-0.15, -0.1) is 0 Å². The number of likely N-dealkylation sites (tertiary alicyclic amines) is 2. The number of benzene rings is 2. The highest BCUT2D eigenvalue weighted by molar-refractivity contribution is 5.88. The Bertz CT molecular complexity index is 1120. The van der Waals surface area contributed by atoms with E-state index in [9.17, 15) is 4.79 Å². The van der Waals surface area contributed by atoms with E-state index in [4.69, 9.17) is 9.47 Å². The van der Waals surface area contributed by atoms with Crippen molar-refractivity contribution < 1.29 is 14.3 Å². The molecule has 34 heavy (non-hydrogen) atoms. The van der Waals surface area contributed by atoms with Gasteiger partial charge in [0.25, 0.3) is 0 Å². The van der Waals surface area contributed by atoms with Gasteiger partial charge >= 0.3 is 6.09 Å². The van der Waals surface area contributed by atoms with Crippen molar-refractivity contribution in [3.63, 3.8) is 0 Å². The van der Waals surface area contributed by atoms with E-state index in [0.717, 1.165) is 54.7 Å². The maximum atomic E-state index is 12.4. The Balaban J connectivity index is 1.11. The number of fused-ring (bicyclic) bond motifs is 1. The van der Waals surface area contributed by atoms with Crippen molar-refractivity contribution >= 4 is 17.0 Å². The summed E-state index contributed by atoms with van der Waals surface area (Å²) in [6.45, 7) is 7.05. The summed E-state index contributed by atoms with van der Waals surface area (Å²) in [5, 5.41) is 1.16. The van der Waals surface area contributed by atoms with Crippen molar-refractivity contribution in [2.75, 3.05) is 39.3 Å². The molecule has 0 unspecified atom stereocenters. The molecule has 2 fully saturated rings. The number of hydrogen-bond donors (Lipinski definition) is 0. The first kappa shape index (κ1) is 22.7. The first-order valence-electron chi connectivity index (χ1n) is 12.4. The smallest absolute Gasteiger partial charge is 0.409 e. The Labute approximate surface area is 201 Å². The Morgan fingerprint density at radius 2 is 1.76 bits per heavy atom. The Morgan fingerprint density at radius 3 is 2.53 bits per heavy atom. The lowest BCUT2D eigenvalue weighted by Gasteiger charge is -2.31. The summed E-state index contributed by atoms with van der Waals surface area (Å²) >= 11 is 0. The minimum absolute atomic E-state index is 0.117. The van der Waals surface area contributed by atoms with Gasteiger partial charge in [-0.3, -0.25) is 9.88 Å². The van der Waals surface area contributed by atoms with Crippen LogP contribution >= 0.6 is 0 Å². The van der Waals surface area contributed by atoms with Gasteiger partial charge in [-0.05, 0) is 67.7 Å². The molecule has 178 valence electrons. The van der Waals surface area contributed by atoms with Crippen LogP contribution in [0.5, 0.6) is 5.75 Å². The van der Waals surface area contributed by atoms with Crippen molar-refractivity contribution in [2.24, 2.45) is 0 Å². The van der Waals surface area contributed by atoms with Crippen LogP contribution in [0.1, 0.15) is 31.2 Å². The summed E-state index contributed by atoms with van der Waals surface area (Å²) in [7, 11) is 0. The minimum Gasteiger partial charge on any atom is -0.490 e. The summed E-state index contributed by atoms with van der Waals surface area (Å²) in [6.07, 6.45) is 5.91. The van der Waals surface area contributed by atoms with Crippen molar-refractivity contribution in [3.05, 3.63) is 60.3 Å². The number of aromatic nitrogens is 1. The lowest BCUT2D eigenvalue weighted by atomic mass is 9.98. The fourth-order valence-corrected chi connectivity index (χ4v) is 5.03. The molecule has 2 saturated heterocycles. The number of carbonyl (C=O) groups is 1. The van der Waals surface area contributed by atoms with Gasteiger partial charge in [0.1, 0.15) is 18.5 Å². The number of pyridine rings is 1. The molecule has 3 aromatic rings. The molecule has 0 atom stereocenters. The molecule has 6 nitrogen and oxygen atoms in total. The minimum atomic E-state index is -0.192. The lowest BCUT2D eigenvalue weighted by molar-refractivity contribution is 0.0632. The summed E-state index contributed by atoms with van der Waals surface area (Å²) in [6, 6.07) is 16.6. The SMILES string of the molecule is Cc1c(-c2ccc(OC3CCN(C(=O)OCCN4CCCC4)CC3)cc2)ccc2cccnc12. The first-order valence-corrected chi connectivity index (χ1v) is 12.4. The zero-order valence-electron chi connectivity index (χ0n) is 19.9. The van der Waals surface area contributed by atoms with E-state index in [1.54, 1.807) is 0 Å². The molecule has 0 aliphatic carbocycles. The molecule has 5 rings (SSSR count). The number of hydrogen-bond acceptors (Lipinski definition) is 5. The Kier molecular flexibility index (Phi) is 6.95. The third kappa shape index (κ3) is 5.17. The second-order valence-electron chi connectivity index (χ2n) is 9.30. The highest BCUT2D eigenvalue weighted by Crippen LogP contribution is 2.30. The van der Waals surface area contributed by atoms with E-state index in [1.807, 2.05) is 29.3 Å². The number of nitrogens with zero attached hydrogens (tertiary/aromatic N) is 3. The van der Waals surface area contributed by atoms with Crippen LogP contribution in [0.15, 0.2) is 54.7 Å². The van der Waals surface area contributed by atoms with Gasteiger partial charge in [0.15, 0.2) is 0 Å². The number of amides is 1. The van der Waals surface area contributed by atoms with E-state index in [1.165, 1.54) is 24.0 Å². The van der Waals surface area contributed by atoms with Crippen LogP contribution < -0.4 is 4.74 Å². The molecule has 1 aromatic heterocycles. The molecule has 3 heterocycles. The Morgan fingerprint density at radius 1 is 1.00 bits per heavy atom. The standard InChI is InChI=1S/C28H33N3O3/c1-21-26(11-8-23-5-4-14-29-27(21)23)22-6-9-24(10-7-22)34-25-12-17-31(18-13-25)28(32)33-20-19-30-15-2-3-16-30/h4-11,14,25H,2-3,12-13,15-20H2,1H3. The number of rotatable bonds is 6. The zero-order chi connectivity index (χ0) is 23.3. The average Bonchev–Trinajstić information content (AvgIpc) is 3.39. The first-order chi connectivity index (χ1) is 16.7. The molecule has 0 saturated carbocycles. The number of carbonyl (C=O) groups excluding carboxylic acids is 1. The lowest BCUT2D eigenvalue weighted by Crippen LogP contribution is -2.42. The van der Waals surface area contributed by atoms with Crippen molar-refractivity contribution in [1.29, 1.82) is 0 Å². The molecule has 0 radical (unpaired) electrons. The number of aryl methyl sites for hydroxylation is 1. The van der Waals surface area contributed by atoms with Gasteiger partial charge in [-0.1, -0.05) is 30.3 Å². The van der Waals surface area contributed by atoms with E-state index >= 15 is 0 Å². The third-order valence-electron chi connectivity index (χ3n) is 7.03. The van der Waals surface area contributed by atoms with Crippen molar-refractivity contribution in [2.45, 2.75) is 38.7 Å². The maximum absolute atomic E-state index is 12.4. The fourth-order valence-electron chi connectivity index (χ4n) is 5.03. The van der Waals surface area contributed by atoms with E-state index < -0.39 is 0 Å². The van der Waals surface area contributed by atoms with Gasteiger partial charge in [-0.25, -0.2) is 4.79 Å². The molecule has 1 amide bonds. The highest BCUT2D eigenvalue weighted by Gasteiger charge is 2.25. The quantitative estimate of drug-likeness (QED) is 0.502. The monoisotopic (exact) mass is 459 g/mol. The molecule has 0 bridgehead atoms. The largest absolute Gasteiger partial charge is 0.490 e. The summed E-state index contributed by atoms with van der Waals surface area (Å²) < 4.78 is 11.7. The van der Waals surface area contributed by atoms with Crippen LogP contribution in [0.4, 0.5) is 4.79 Å². The Hall–Kier alpha value is -3.12. The van der Waals surface area contributed by atoms with Crippen LogP contribution in [0.3, 0.4) is 0 Å². The molecule has 2 aromatic carbocycles. The van der Waals surface area contributed by atoms with Crippen molar-refractivity contribution in [3.8, 4) is 16.9 Å². The van der Waals surface area contributed by atoms with Gasteiger partial charge in [-0.2, -0.15) is 0 Å². The molecular weight excluding hydrogens is 426 g/mol. The van der Waals surface area contributed by atoms with Crippen LogP contribution in [0.25, 0.3) is 22.0 Å². The fraction of sp³-hybridized carbons (Fsp3) is 0.429. The molecule has 2 aliphatic rings. The van der Waals surface area contributed by atoms with E-state index in [-0.39, 0.29) is 12.2 Å². The zero-order valence-corrected chi connectivity index (χ0v) is 19.9. The maximum Gasteiger partial charge on any atom is 0.409 e. The normalized spacial score (nSPS) is 17.3. The van der Waals surface area contributed by atoms with Crippen LogP contribution in [-0.2, 0) is 4.74 Å². The second-order valence-corrected chi connectivity index (χ2v) is 9.30. The topological polar surface area (TPSA) is 54.9 Å².